The molecule has 0 N–H and O–H groups in total. The third-order valence-corrected chi connectivity index (χ3v) is 8.02. The summed E-state index contributed by atoms with van der Waals surface area (Å²) in [5.74, 6) is 1.24. The van der Waals surface area contributed by atoms with Gasteiger partial charge in [-0.05, 0) is 80.7 Å². The molecule has 1 saturated heterocycles. The monoisotopic (exact) mass is 581 g/mol. The summed E-state index contributed by atoms with van der Waals surface area (Å²) in [5, 5.41) is 8.93. The van der Waals surface area contributed by atoms with Crippen LogP contribution in [0, 0.1) is 23.2 Å². The van der Waals surface area contributed by atoms with Gasteiger partial charge in [-0.3, -0.25) is 4.99 Å². The summed E-state index contributed by atoms with van der Waals surface area (Å²) < 4.78 is 77.9. The number of alkyl halides is 6. The van der Waals surface area contributed by atoms with Crippen molar-refractivity contribution in [2.75, 3.05) is 31.1 Å². The number of pyridine rings is 1. The summed E-state index contributed by atoms with van der Waals surface area (Å²) in [6, 6.07) is 7.53. The van der Waals surface area contributed by atoms with Crippen molar-refractivity contribution in [2.24, 2.45) is 16.8 Å². The Morgan fingerprint density at radius 2 is 1.70 bits per heavy atom. The van der Waals surface area contributed by atoms with Crippen molar-refractivity contribution in [2.45, 2.75) is 50.9 Å². The second-order valence-corrected chi connectivity index (χ2v) is 10.7. The topological polar surface area (TPSA) is 55.5 Å². The lowest BCUT2D eigenvalue weighted by Gasteiger charge is -2.37. The largest absolute Gasteiger partial charge is 0.417 e. The Hall–Kier alpha value is -3.20. The van der Waals surface area contributed by atoms with Gasteiger partial charge in [0, 0.05) is 38.6 Å². The standard InChI is InChI=1S/C28H29F6N5S/c29-27(30,31)22-7-9-25(37-18-22)38-11-13-39(14-12-38)26(40)10-5-19-1-3-20(4-2-19)17-36-23-8-6-21(16-35)24(15-23)28(32,33)34/h6-9,15,17-20H,1-5,10-14H2. The van der Waals surface area contributed by atoms with E-state index in [1.165, 1.54) is 12.1 Å². The maximum atomic E-state index is 13.2. The Labute approximate surface area is 234 Å². The van der Waals surface area contributed by atoms with Gasteiger partial charge in [0.15, 0.2) is 0 Å². The zero-order valence-corrected chi connectivity index (χ0v) is 22.5. The maximum Gasteiger partial charge on any atom is 0.417 e. The Bertz CT molecular complexity index is 1240. The van der Waals surface area contributed by atoms with Crippen LogP contribution < -0.4 is 4.90 Å². The number of hydrogen-bond acceptors (Lipinski definition) is 5. The van der Waals surface area contributed by atoms with Crippen molar-refractivity contribution >= 4 is 34.9 Å². The van der Waals surface area contributed by atoms with Crippen molar-refractivity contribution in [3.8, 4) is 6.07 Å². The van der Waals surface area contributed by atoms with Crippen LogP contribution >= 0.6 is 12.2 Å². The molecule has 0 atom stereocenters. The summed E-state index contributed by atoms with van der Waals surface area (Å²) in [4.78, 5) is 13.3. The van der Waals surface area contributed by atoms with E-state index in [0.717, 1.165) is 67.9 Å². The second-order valence-electron chi connectivity index (χ2n) is 10.2. The van der Waals surface area contributed by atoms with Gasteiger partial charge in [0.1, 0.15) is 5.82 Å². The predicted octanol–water partition coefficient (Wildman–Crippen LogP) is 7.43. The lowest BCUT2D eigenvalue weighted by Crippen LogP contribution is -2.48. The summed E-state index contributed by atoms with van der Waals surface area (Å²) in [5.41, 5.74) is -1.96. The van der Waals surface area contributed by atoms with Crippen molar-refractivity contribution in [1.29, 1.82) is 5.26 Å². The molecular formula is C28H29F6N5S. The molecule has 1 aliphatic carbocycles. The number of halogens is 6. The first kappa shape index (κ1) is 29.8. The molecule has 1 aromatic carbocycles. The van der Waals surface area contributed by atoms with Gasteiger partial charge in [-0.1, -0.05) is 12.2 Å². The highest BCUT2D eigenvalue weighted by Crippen LogP contribution is 2.35. The minimum atomic E-state index is -4.61. The number of rotatable bonds is 6. The van der Waals surface area contributed by atoms with Gasteiger partial charge in [-0.15, -0.1) is 0 Å². The third-order valence-electron chi connectivity index (χ3n) is 7.55. The van der Waals surface area contributed by atoms with Crippen molar-refractivity contribution in [3.63, 3.8) is 0 Å². The van der Waals surface area contributed by atoms with E-state index in [1.54, 1.807) is 12.3 Å². The average molecular weight is 582 g/mol. The fourth-order valence-corrected chi connectivity index (χ4v) is 5.47. The van der Waals surface area contributed by atoms with Crippen LogP contribution in [0.2, 0.25) is 0 Å². The minimum absolute atomic E-state index is 0.188. The quantitative estimate of drug-likeness (QED) is 0.202. The van der Waals surface area contributed by atoms with Gasteiger partial charge < -0.3 is 9.80 Å². The third kappa shape index (κ3) is 7.71. The normalized spacial score (nSPS) is 20.5. The Morgan fingerprint density at radius 3 is 2.27 bits per heavy atom. The van der Waals surface area contributed by atoms with Gasteiger partial charge >= 0.3 is 12.4 Å². The number of piperazine rings is 1. The molecule has 214 valence electrons. The Balaban J connectivity index is 1.18. The van der Waals surface area contributed by atoms with E-state index in [9.17, 15) is 26.3 Å². The van der Waals surface area contributed by atoms with Crippen molar-refractivity contribution in [3.05, 3.63) is 53.2 Å². The van der Waals surface area contributed by atoms with Crippen LogP contribution in [-0.2, 0) is 12.4 Å². The number of nitriles is 1. The fourth-order valence-electron chi connectivity index (χ4n) is 5.17. The van der Waals surface area contributed by atoms with Gasteiger partial charge in [-0.25, -0.2) is 4.98 Å². The summed E-state index contributed by atoms with van der Waals surface area (Å²) in [6.07, 6.45) is -0.856. The highest BCUT2D eigenvalue weighted by molar-refractivity contribution is 7.80. The molecular weight excluding hydrogens is 552 g/mol. The number of aromatic nitrogens is 1. The predicted molar refractivity (Wildman–Crippen MR) is 145 cm³/mol. The van der Waals surface area contributed by atoms with E-state index in [-0.39, 0.29) is 11.6 Å². The number of thiocarbonyl (C=S) groups is 1. The highest BCUT2D eigenvalue weighted by Gasteiger charge is 2.34. The molecule has 0 amide bonds. The molecule has 1 aromatic heterocycles. The van der Waals surface area contributed by atoms with E-state index < -0.39 is 29.0 Å². The van der Waals surface area contributed by atoms with E-state index in [4.69, 9.17) is 17.5 Å². The van der Waals surface area contributed by atoms with Crippen molar-refractivity contribution in [1.82, 2.24) is 9.88 Å². The van der Waals surface area contributed by atoms with Crippen molar-refractivity contribution < 1.29 is 26.3 Å². The molecule has 0 spiro atoms. The summed E-state index contributed by atoms with van der Waals surface area (Å²) in [7, 11) is 0. The van der Waals surface area contributed by atoms with Crippen LogP contribution in [0.25, 0.3) is 0 Å². The number of benzene rings is 1. The fraction of sp³-hybridized carbons (Fsp3) is 0.500. The van der Waals surface area contributed by atoms with E-state index in [1.807, 2.05) is 4.90 Å². The second kappa shape index (κ2) is 12.5. The first-order valence-corrected chi connectivity index (χ1v) is 13.6. The Kier molecular flexibility index (Phi) is 9.33. The smallest absolute Gasteiger partial charge is 0.363 e. The van der Waals surface area contributed by atoms with Gasteiger partial charge in [0.05, 0.1) is 33.4 Å². The SMILES string of the molecule is N#Cc1ccc(N=CC2CCC(CCC(=S)N3CCN(c4ccc(C(F)(F)F)cn4)CC3)CC2)cc1C(F)(F)F. The first-order valence-electron chi connectivity index (χ1n) is 13.2. The molecule has 2 heterocycles. The molecule has 1 saturated carbocycles. The maximum absolute atomic E-state index is 13.2. The summed E-state index contributed by atoms with van der Waals surface area (Å²) in [6.45, 7) is 2.64. The molecule has 2 aliphatic rings. The zero-order valence-electron chi connectivity index (χ0n) is 21.7. The van der Waals surface area contributed by atoms with E-state index >= 15 is 0 Å². The molecule has 2 aromatic rings. The van der Waals surface area contributed by atoms with Crippen LogP contribution in [0.5, 0.6) is 0 Å². The van der Waals surface area contributed by atoms with Gasteiger partial charge in [-0.2, -0.15) is 31.6 Å². The first-order chi connectivity index (χ1) is 18.9. The molecule has 5 nitrogen and oxygen atoms in total. The molecule has 4 rings (SSSR count). The number of hydrogen-bond donors (Lipinski definition) is 0. The van der Waals surface area contributed by atoms with E-state index in [0.29, 0.717) is 37.9 Å². The van der Waals surface area contributed by atoms with Gasteiger partial charge in [0.2, 0.25) is 0 Å². The number of nitrogens with zero attached hydrogens (tertiary/aromatic N) is 5. The zero-order chi connectivity index (χ0) is 28.9. The molecule has 12 heteroatoms. The lowest BCUT2D eigenvalue weighted by molar-refractivity contribution is -0.138. The van der Waals surface area contributed by atoms with E-state index in [2.05, 4.69) is 14.9 Å². The molecule has 40 heavy (non-hydrogen) atoms. The minimum Gasteiger partial charge on any atom is -0.363 e. The average Bonchev–Trinajstić information content (AvgIpc) is 2.94. The number of aliphatic imine (C=N–C) groups is 1. The highest BCUT2D eigenvalue weighted by atomic mass is 32.1. The van der Waals surface area contributed by atoms with Crippen LogP contribution in [0.1, 0.15) is 55.2 Å². The van der Waals surface area contributed by atoms with Crippen LogP contribution in [0.3, 0.4) is 0 Å². The molecule has 2 fully saturated rings. The molecule has 0 bridgehead atoms. The lowest BCUT2D eigenvalue weighted by atomic mass is 9.80. The summed E-state index contributed by atoms with van der Waals surface area (Å²) >= 11 is 5.67. The van der Waals surface area contributed by atoms with Crippen LogP contribution in [0.4, 0.5) is 37.8 Å². The molecule has 1 aliphatic heterocycles. The van der Waals surface area contributed by atoms with Gasteiger partial charge in [0.25, 0.3) is 0 Å². The molecule has 0 radical (unpaired) electrons. The molecule has 0 unspecified atom stereocenters. The van der Waals surface area contributed by atoms with Crippen LogP contribution in [0.15, 0.2) is 41.5 Å². The van der Waals surface area contributed by atoms with Crippen LogP contribution in [-0.4, -0.2) is 47.3 Å². The number of anilines is 1. The Morgan fingerprint density at radius 1 is 1.00 bits per heavy atom.